The summed E-state index contributed by atoms with van der Waals surface area (Å²) in [7, 11) is -0.434. The van der Waals surface area contributed by atoms with Gasteiger partial charge in [-0.3, -0.25) is 0 Å². The first kappa shape index (κ1) is 35.9. The van der Waals surface area contributed by atoms with Gasteiger partial charge < -0.3 is 23.3 Å². The van der Waals surface area contributed by atoms with Gasteiger partial charge in [0.1, 0.15) is 0 Å². The van der Waals surface area contributed by atoms with E-state index in [9.17, 15) is 0 Å². The van der Waals surface area contributed by atoms with Crippen LogP contribution in [0.15, 0.2) is 146 Å². The molecule has 0 radical (unpaired) electrons. The Hall–Kier alpha value is -5.82. The number of nitrogens with zero attached hydrogens (tertiary/aromatic N) is 3. The highest BCUT2D eigenvalue weighted by atomic mass is 16.7. The fourth-order valence-corrected chi connectivity index (χ4v) is 8.35. The van der Waals surface area contributed by atoms with Gasteiger partial charge in [-0.15, -0.1) is 0 Å². The van der Waals surface area contributed by atoms with Crippen LogP contribution in [0, 0.1) is 0 Å². The third-order valence-electron chi connectivity index (χ3n) is 11.7. The van der Waals surface area contributed by atoms with Crippen molar-refractivity contribution in [2.45, 2.75) is 65.6 Å². The highest BCUT2D eigenvalue weighted by Gasteiger charge is 2.51. The van der Waals surface area contributed by atoms with E-state index in [0.717, 1.165) is 63.3 Å². The number of hydrogen-bond acceptors (Lipinski definition) is 3. The molecule has 3 heterocycles. The maximum Gasteiger partial charge on any atom is 0.494 e. The lowest BCUT2D eigenvalue weighted by Gasteiger charge is -2.32. The summed E-state index contributed by atoms with van der Waals surface area (Å²) in [5.41, 5.74) is 9.27. The summed E-state index contributed by atoms with van der Waals surface area (Å²) in [4.78, 5) is 2.33. The van der Waals surface area contributed by atoms with Crippen molar-refractivity contribution in [1.29, 1.82) is 0 Å². The van der Waals surface area contributed by atoms with Crippen LogP contribution in [0.5, 0.6) is 0 Å². The minimum atomic E-state index is -0.434. The number of anilines is 3. The second kappa shape index (κ2) is 14.0. The summed E-state index contributed by atoms with van der Waals surface area (Å²) < 4.78 is 17.9. The molecule has 5 nitrogen and oxygen atoms in total. The van der Waals surface area contributed by atoms with Gasteiger partial charge in [0.2, 0.25) is 0 Å². The highest BCUT2D eigenvalue weighted by Crippen LogP contribution is 2.40. The summed E-state index contributed by atoms with van der Waals surface area (Å²) >= 11 is 0. The van der Waals surface area contributed by atoms with E-state index in [-0.39, 0.29) is 0 Å². The number of aromatic nitrogens is 2. The van der Waals surface area contributed by atoms with Crippen molar-refractivity contribution in [2.75, 3.05) is 4.90 Å². The molecule has 0 N–H and O–H groups in total. The molecule has 0 unspecified atom stereocenters. The fourth-order valence-electron chi connectivity index (χ4n) is 8.35. The number of benzene rings is 6. The first-order valence-corrected chi connectivity index (χ1v) is 20.0. The molecule has 1 saturated heterocycles. The van der Waals surface area contributed by atoms with Gasteiger partial charge in [0.25, 0.3) is 0 Å². The van der Waals surface area contributed by atoms with Gasteiger partial charge in [0.05, 0.1) is 27.8 Å². The number of para-hydroxylation sites is 3. The van der Waals surface area contributed by atoms with Gasteiger partial charge >= 0.3 is 7.12 Å². The lowest BCUT2D eigenvalue weighted by atomic mass is 9.79. The largest absolute Gasteiger partial charge is 0.494 e. The lowest BCUT2D eigenvalue weighted by Crippen LogP contribution is -2.41. The van der Waals surface area contributed by atoms with Crippen molar-refractivity contribution in [1.82, 2.24) is 9.13 Å². The Morgan fingerprint density at radius 3 is 1.68 bits per heavy atom. The minimum Gasteiger partial charge on any atom is -0.399 e. The predicted molar refractivity (Wildman–Crippen MR) is 237 cm³/mol. The first-order valence-electron chi connectivity index (χ1n) is 20.0. The highest BCUT2D eigenvalue weighted by molar-refractivity contribution is 6.62. The molecule has 56 heavy (non-hydrogen) atoms. The Labute approximate surface area is 329 Å². The van der Waals surface area contributed by atoms with E-state index in [4.69, 9.17) is 9.31 Å². The Kier molecular flexibility index (Phi) is 8.99. The summed E-state index contributed by atoms with van der Waals surface area (Å²) in [5, 5.41) is 6.22. The van der Waals surface area contributed by atoms with E-state index in [1.54, 1.807) is 0 Å². The van der Waals surface area contributed by atoms with E-state index in [0.29, 0.717) is 0 Å². The zero-order valence-electron chi connectivity index (χ0n) is 33.2. The zero-order valence-corrected chi connectivity index (χ0v) is 33.2. The van der Waals surface area contributed by atoms with Crippen molar-refractivity contribution >= 4 is 74.5 Å². The quantitative estimate of drug-likeness (QED) is 0.160. The van der Waals surface area contributed by atoms with E-state index in [2.05, 4.69) is 199 Å². The maximum atomic E-state index is 6.53. The van der Waals surface area contributed by atoms with Crippen LogP contribution in [0.25, 0.3) is 56.2 Å². The summed E-state index contributed by atoms with van der Waals surface area (Å²) in [5.74, 6) is 0. The van der Waals surface area contributed by atoms with Crippen LogP contribution < -0.4 is 20.9 Å². The average Bonchev–Trinajstić information content (AvgIpc) is 3.82. The Morgan fingerprint density at radius 1 is 0.500 bits per heavy atom. The Morgan fingerprint density at radius 2 is 1.04 bits per heavy atom. The van der Waals surface area contributed by atoms with E-state index >= 15 is 0 Å². The van der Waals surface area contributed by atoms with Gasteiger partial charge in [-0.2, -0.15) is 0 Å². The standard InChI is InChI=1S/C48H42BN3O2.C2H6/c1-47(2)48(3,4)54-49(53-47)33-24-27-40-39-22-14-15-23-43(39)52(44(40)30-33)38-26-29-42-41-28-25-37(31-45(41)51(46(42)32-38)36-20-12-7-13-21-36)50(34-16-8-5-9-17-34)35-18-10-6-11-19-35;1-2/h5-13,16-32H,14-15H2,1-4H3;1-2H3. The molecular formula is C50H48BN3O2. The second-order valence-electron chi connectivity index (χ2n) is 15.6. The molecular weight excluding hydrogens is 685 g/mol. The van der Waals surface area contributed by atoms with E-state index < -0.39 is 18.3 Å². The predicted octanol–water partition coefficient (Wildman–Crippen LogP) is 10.9. The number of rotatable bonds is 6. The van der Waals surface area contributed by atoms with Crippen LogP contribution in [0.4, 0.5) is 17.1 Å². The van der Waals surface area contributed by atoms with Crippen LogP contribution >= 0.6 is 0 Å². The van der Waals surface area contributed by atoms with Crippen molar-refractivity contribution in [3.63, 3.8) is 0 Å². The minimum absolute atomic E-state index is 0.412. The molecule has 10 rings (SSSR count). The second-order valence-corrected chi connectivity index (χ2v) is 15.6. The molecule has 2 aromatic heterocycles. The molecule has 8 aromatic rings. The summed E-state index contributed by atoms with van der Waals surface area (Å²) in [6.07, 6.45) is 6.85. The number of fused-ring (bicyclic) bond motifs is 6. The molecule has 0 atom stereocenters. The third-order valence-corrected chi connectivity index (χ3v) is 11.7. The lowest BCUT2D eigenvalue weighted by molar-refractivity contribution is 0.00578. The normalized spacial score (nSPS) is 15.6. The Balaban J connectivity index is 0.00000202. The first-order chi connectivity index (χ1) is 27.3. The Bertz CT molecular complexity index is 2780. The maximum absolute atomic E-state index is 6.53. The molecule has 6 aromatic carbocycles. The molecule has 6 heteroatoms. The van der Waals surface area contributed by atoms with E-state index in [1.807, 2.05) is 13.8 Å². The smallest absolute Gasteiger partial charge is 0.399 e. The fraction of sp³-hybridized carbons (Fsp3) is 0.200. The average molecular weight is 734 g/mol. The van der Waals surface area contributed by atoms with E-state index in [1.165, 1.54) is 26.7 Å². The van der Waals surface area contributed by atoms with Crippen LogP contribution in [0.2, 0.25) is 0 Å². The molecule has 1 aliphatic carbocycles. The molecule has 278 valence electrons. The zero-order chi connectivity index (χ0) is 38.6. The summed E-state index contributed by atoms with van der Waals surface area (Å²) in [6, 6.07) is 52.5. The van der Waals surface area contributed by atoms with Crippen LogP contribution in [-0.2, 0) is 9.31 Å². The molecule has 2 aliphatic rings. The van der Waals surface area contributed by atoms with Crippen LogP contribution in [-0.4, -0.2) is 27.5 Å². The van der Waals surface area contributed by atoms with Gasteiger partial charge in [0, 0.05) is 55.2 Å². The topological polar surface area (TPSA) is 31.6 Å². The number of hydrogen-bond donors (Lipinski definition) is 0. The van der Waals surface area contributed by atoms with Crippen molar-refractivity contribution < 1.29 is 9.31 Å². The van der Waals surface area contributed by atoms with Gasteiger partial charge in [0.15, 0.2) is 0 Å². The molecule has 1 fully saturated rings. The monoisotopic (exact) mass is 733 g/mol. The van der Waals surface area contributed by atoms with Crippen LogP contribution in [0.3, 0.4) is 0 Å². The third kappa shape index (κ3) is 5.87. The SMILES string of the molecule is CC.CC1(C)OB(c2ccc3c4c(n(-c5ccc6c7ccc(N(c8ccccc8)c8ccccc8)cc7n(-c7ccccc7)c6c5)c3c2)=CCCC=4)OC1(C)C. The van der Waals surface area contributed by atoms with Crippen LogP contribution in [0.1, 0.15) is 54.4 Å². The van der Waals surface area contributed by atoms with Crippen molar-refractivity contribution in [3.8, 4) is 11.4 Å². The van der Waals surface area contributed by atoms with Crippen molar-refractivity contribution in [3.05, 3.63) is 156 Å². The summed E-state index contributed by atoms with van der Waals surface area (Å²) in [6.45, 7) is 12.5. The van der Waals surface area contributed by atoms with Gasteiger partial charge in [-0.25, -0.2) is 0 Å². The molecule has 0 bridgehead atoms. The van der Waals surface area contributed by atoms with Crippen molar-refractivity contribution in [2.24, 2.45) is 0 Å². The molecule has 0 spiro atoms. The van der Waals surface area contributed by atoms with Gasteiger partial charge in [-0.05, 0) is 113 Å². The molecule has 0 saturated carbocycles. The molecule has 1 aliphatic heterocycles. The van der Waals surface area contributed by atoms with Gasteiger partial charge in [-0.1, -0.05) is 105 Å². The molecule has 0 amide bonds.